The molecule has 2 heterocycles. The van der Waals surface area contributed by atoms with Gasteiger partial charge in [0, 0.05) is 6.04 Å². The summed E-state index contributed by atoms with van der Waals surface area (Å²) in [6, 6.07) is 2.09. The van der Waals surface area contributed by atoms with Crippen molar-refractivity contribution in [1.82, 2.24) is 19.8 Å². The summed E-state index contributed by atoms with van der Waals surface area (Å²) in [5, 5.41) is 25.7. The number of anilines is 1. The molecule has 2 aromatic heterocycles. The van der Waals surface area contributed by atoms with Gasteiger partial charge in [0.25, 0.3) is 0 Å². The summed E-state index contributed by atoms with van der Waals surface area (Å²) >= 11 is 0. The van der Waals surface area contributed by atoms with Crippen molar-refractivity contribution in [2.45, 2.75) is 57.9 Å². The summed E-state index contributed by atoms with van der Waals surface area (Å²) in [6.45, 7) is 2.22. The van der Waals surface area contributed by atoms with Crippen LogP contribution in [0.15, 0.2) is 12.4 Å². The van der Waals surface area contributed by atoms with Gasteiger partial charge < -0.3 is 10.4 Å². The Labute approximate surface area is 130 Å². The molecule has 0 aliphatic heterocycles. The number of rotatable bonds is 6. The van der Waals surface area contributed by atoms with Gasteiger partial charge in [0.15, 0.2) is 0 Å². The quantitative estimate of drug-likeness (QED) is 0.857. The maximum atomic E-state index is 9.75. The molecule has 0 saturated heterocycles. The third kappa shape index (κ3) is 3.38. The summed E-state index contributed by atoms with van der Waals surface area (Å²) in [6.07, 6.45) is 10.1. The van der Waals surface area contributed by atoms with E-state index >= 15 is 0 Å². The van der Waals surface area contributed by atoms with Crippen LogP contribution in [-0.4, -0.2) is 37.6 Å². The van der Waals surface area contributed by atoms with E-state index in [2.05, 4.69) is 27.5 Å². The number of nitrogens with one attached hydrogen (secondary N) is 1. The average molecular weight is 303 g/mol. The van der Waals surface area contributed by atoms with Crippen molar-refractivity contribution in [2.75, 3.05) is 11.9 Å². The van der Waals surface area contributed by atoms with Crippen LogP contribution in [0.4, 0.5) is 5.69 Å². The summed E-state index contributed by atoms with van der Waals surface area (Å²) in [4.78, 5) is 0. The molecule has 1 fully saturated rings. The van der Waals surface area contributed by atoms with Crippen LogP contribution in [0, 0.1) is 5.92 Å². The van der Waals surface area contributed by atoms with E-state index in [0.717, 1.165) is 35.8 Å². The summed E-state index contributed by atoms with van der Waals surface area (Å²) in [5.74, 6) is 0.722. The van der Waals surface area contributed by atoms with E-state index in [-0.39, 0.29) is 12.6 Å². The fourth-order valence-electron chi connectivity index (χ4n) is 3.38. The van der Waals surface area contributed by atoms with Gasteiger partial charge in [0.2, 0.25) is 5.65 Å². The van der Waals surface area contributed by atoms with Gasteiger partial charge in [0.1, 0.15) is 6.33 Å². The van der Waals surface area contributed by atoms with E-state index in [9.17, 15) is 5.11 Å². The number of aryl methyl sites for hydroxylation is 1. The van der Waals surface area contributed by atoms with Crippen molar-refractivity contribution in [2.24, 2.45) is 5.92 Å². The topological polar surface area (TPSA) is 75.3 Å². The van der Waals surface area contributed by atoms with Crippen LogP contribution < -0.4 is 5.32 Å². The maximum Gasteiger partial charge on any atom is 0.200 e. The predicted octanol–water partition coefficient (Wildman–Crippen LogP) is 2.43. The van der Waals surface area contributed by atoms with E-state index in [1.807, 2.05) is 6.07 Å². The molecule has 1 atom stereocenters. The molecule has 0 bridgehead atoms. The van der Waals surface area contributed by atoms with Crippen molar-refractivity contribution >= 4 is 11.3 Å². The minimum Gasteiger partial charge on any atom is -0.394 e. The zero-order valence-corrected chi connectivity index (χ0v) is 13.2. The third-order valence-electron chi connectivity index (χ3n) is 4.60. The Hall–Kier alpha value is -1.69. The van der Waals surface area contributed by atoms with Crippen molar-refractivity contribution in [3.05, 3.63) is 18.1 Å². The molecule has 6 nitrogen and oxygen atoms in total. The van der Waals surface area contributed by atoms with Crippen LogP contribution in [0.5, 0.6) is 0 Å². The van der Waals surface area contributed by atoms with E-state index in [1.165, 1.54) is 32.1 Å². The lowest BCUT2D eigenvalue weighted by molar-refractivity contribution is 0.237. The van der Waals surface area contributed by atoms with Gasteiger partial charge in [-0.3, -0.25) is 0 Å². The highest BCUT2D eigenvalue weighted by atomic mass is 16.3. The molecule has 1 aliphatic carbocycles. The number of nitrogens with zero attached hydrogens (tertiary/aromatic N) is 4. The standard InChI is InChI=1S/C16H25N5O/c1-2-13-9-15(16-19-17-11-21(16)20-13)18-14(10-22)8-12-6-4-3-5-7-12/h9,11-12,14,18,22H,2-8,10H2,1H3/t14-/m0/s1. The third-order valence-corrected chi connectivity index (χ3v) is 4.60. The number of aliphatic hydroxyl groups excluding tert-OH is 1. The normalized spacial score (nSPS) is 17.7. The number of hydrogen-bond acceptors (Lipinski definition) is 5. The highest BCUT2D eigenvalue weighted by molar-refractivity contribution is 5.67. The fraction of sp³-hybridized carbons (Fsp3) is 0.688. The summed E-state index contributed by atoms with van der Waals surface area (Å²) < 4.78 is 1.70. The zero-order valence-electron chi connectivity index (χ0n) is 13.2. The first-order chi connectivity index (χ1) is 10.8. The van der Waals surface area contributed by atoms with Crippen molar-refractivity contribution in [1.29, 1.82) is 0 Å². The lowest BCUT2D eigenvalue weighted by Crippen LogP contribution is -2.28. The predicted molar refractivity (Wildman–Crippen MR) is 85.8 cm³/mol. The molecule has 2 N–H and O–H groups in total. The molecule has 1 aliphatic rings. The smallest absolute Gasteiger partial charge is 0.200 e. The molecule has 0 aromatic carbocycles. The molecule has 1 saturated carbocycles. The molecular weight excluding hydrogens is 278 g/mol. The number of aliphatic hydroxyl groups is 1. The van der Waals surface area contributed by atoms with Gasteiger partial charge in [-0.2, -0.15) is 9.61 Å². The van der Waals surface area contributed by atoms with Gasteiger partial charge in [-0.15, -0.1) is 10.2 Å². The second-order valence-corrected chi connectivity index (χ2v) is 6.27. The lowest BCUT2D eigenvalue weighted by Gasteiger charge is -2.26. The van der Waals surface area contributed by atoms with E-state index in [0.29, 0.717) is 0 Å². The van der Waals surface area contributed by atoms with Crippen molar-refractivity contribution in [3.8, 4) is 0 Å². The molecule has 2 aromatic rings. The SMILES string of the molecule is CCc1cc(N[C@H](CO)CC2CCCCC2)c2nncn2n1. The van der Waals surface area contributed by atoms with Crippen LogP contribution in [-0.2, 0) is 6.42 Å². The van der Waals surface area contributed by atoms with Crippen molar-refractivity contribution < 1.29 is 5.11 Å². The molecule has 22 heavy (non-hydrogen) atoms. The molecule has 3 rings (SSSR count). The van der Waals surface area contributed by atoms with Crippen LogP contribution >= 0.6 is 0 Å². The Bertz CT molecular complexity index is 606. The van der Waals surface area contributed by atoms with Gasteiger partial charge >= 0.3 is 0 Å². The molecule has 120 valence electrons. The zero-order chi connectivity index (χ0) is 15.4. The van der Waals surface area contributed by atoms with Crippen LogP contribution in [0.2, 0.25) is 0 Å². The first-order valence-corrected chi connectivity index (χ1v) is 8.37. The Balaban J connectivity index is 1.76. The van der Waals surface area contributed by atoms with Crippen molar-refractivity contribution in [3.63, 3.8) is 0 Å². The van der Waals surface area contributed by atoms with Crippen LogP contribution in [0.25, 0.3) is 5.65 Å². The Kier molecular flexibility index (Phi) is 4.87. The fourth-order valence-corrected chi connectivity index (χ4v) is 3.38. The highest BCUT2D eigenvalue weighted by Gasteiger charge is 2.20. The second kappa shape index (κ2) is 7.05. The average Bonchev–Trinajstić information content (AvgIpc) is 3.03. The maximum absolute atomic E-state index is 9.75. The van der Waals surface area contributed by atoms with E-state index in [1.54, 1.807) is 10.8 Å². The van der Waals surface area contributed by atoms with Crippen LogP contribution in [0.3, 0.4) is 0 Å². The van der Waals surface area contributed by atoms with E-state index in [4.69, 9.17) is 0 Å². The second-order valence-electron chi connectivity index (χ2n) is 6.27. The molecule has 6 heteroatoms. The van der Waals surface area contributed by atoms with E-state index < -0.39 is 0 Å². The Morgan fingerprint density at radius 1 is 1.36 bits per heavy atom. The molecule has 0 spiro atoms. The lowest BCUT2D eigenvalue weighted by atomic mass is 9.85. The summed E-state index contributed by atoms with van der Waals surface area (Å²) in [7, 11) is 0. The first kappa shape index (κ1) is 15.2. The Morgan fingerprint density at radius 3 is 2.91 bits per heavy atom. The highest BCUT2D eigenvalue weighted by Crippen LogP contribution is 2.28. The van der Waals surface area contributed by atoms with Crippen LogP contribution in [0.1, 0.15) is 51.1 Å². The Morgan fingerprint density at radius 2 is 2.18 bits per heavy atom. The number of hydrogen-bond donors (Lipinski definition) is 2. The molecule has 0 amide bonds. The molecule has 0 radical (unpaired) electrons. The molecular formula is C16H25N5O. The monoisotopic (exact) mass is 303 g/mol. The van der Waals surface area contributed by atoms with Gasteiger partial charge in [-0.25, -0.2) is 0 Å². The number of aromatic nitrogens is 4. The van der Waals surface area contributed by atoms with Gasteiger partial charge in [0.05, 0.1) is 18.0 Å². The number of fused-ring (bicyclic) bond motifs is 1. The first-order valence-electron chi connectivity index (χ1n) is 8.37. The largest absolute Gasteiger partial charge is 0.394 e. The summed E-state index contributed by atoms with van der Waals surface area (Å²) in [5.41, 5.74) is 2.63. The minimum atomic E-state index is 0.0655. The minimum absolute atomic E-state index is 0.0655. The van der Waals surface area contributed by atoms with Gasteiger partial charge in [-0.05, 0) is 24.8 Å². The van der Waals surface area contributed by atoms with Gasteiger partial charge in [-0.1, -0.05) is 39.0 Å². The molecule has 0 unspecified atom stereocenters.